The first kappa shape index (κ1) is 16.7. The minimum atomic E-state index is -1.53. The first-order chi connectivity index (χ1) is 11.9. The lowest BCUT2D eigenvalue weighted by atomic mass is 10.2. The SMILES string of the molecule is Cc1ccccc1Nc1nc(=O)cnn1Cc1cc(F)c(F)c(F)c1. The van der Waals surface area contributed by atoms with Gasteiger partial charge in [-0.15, -0.1) is 0 Å². The molecule has 0 spiro atoms. The molecule has 3 aromatic rings. The molecule has 1 heterocycles. The van der Waals surface area contributed by atoms with E-state index in [4.69, 9.17) is 0 Å². The second-order valence-corrected chi connectivity index (χ2v) is 5.39. The van der Waals surface area contributed by atoms with Crippen LogP contribution in [-0.4, -0.2) is 14.8 Å². The highest BCUT2D eigenvalue weighted by atomic mass is 19.2. The Kier molecular flexibility index (Phi) is 4.51. The van der Waals surface area contributed by atoms with E-state index in [1.165, 1.54) is 4.68 Å². The highest BCUT2D eigenvalue weighted by Gasteiger charge is 2.13. The summed E-state index contributed by atoms with van der Waals surface area (Å²) >= 11 is 0. The largest absolute Gasteiger partial charge is 0.324 e. The average Bonchev–Trinajstić information content (AvgIpc) is 2.57. The van der Waals surface area contributed by atoms with E-state index >= 15 is 0 Å². The normalized spacial score (nSPS) is 10.7. The maximum atomic E-state index is 13.4. The molecule has 1 aromatic heterocycles. The number of aryl methyl sites for hydroxylation is 1. The Hall–Kier alpha value is -3.16. The Bertz CT molecular complexity index is 965. The molecule has 0 bridgehead atoms. The average molecular weight is 346 g/mol. The first-order valence-corrected chi connectivity index (χ1v) is 7.34. The molecule has 0 unspecified atom stereocenters. The van der Waals surface area contributed by atoms with Crippen molar-refractivity contribution >= 4 is 11.6 Å². The van der Waals surface area contributed by atoms with Gasteiger partial charge in [0.1, 0.15) is 6.20 Å². The fourth-order valence-electron chi connectivity index (χ4n) is 2.28. The molecule has 128 valence electrons. The Morgan fingerprint density at radius 2 is 1.80 bits per heavy atom. The van der Waals surface area contributed by atoms with Crippen molar-refractivity contribution in [3.63, 3.8) is 0 Å². The van der Waals surface area contributed by atoms with Gasteiger partial charge in [0, 0.05) is 5.69 Å². The van der Waals surface area contributed by atoms with Crippen molar-refractivity contribution < 1.29 is 13.2 Å². The minimum absolute atomic E-state index is 0.102. The predicted octanol–water partition coefficient (Wildman–Crippen LogP) is 3.16. The summed E-state index contributed by atoms with van der Waals surface area (Å²) in [6, 6.07) is 9.06. The van der Waals surface area contributed by atoms with Gasteiger partial charge in [-0.1, -0.05) is 18.2 Å². The first-order valence-electron chi connectivity index (χ1n) is 7.34. The van der Waals surface area contributed by atoms with Gasteiger partial charge in [-0.25, -0.2) is 17.9 Å². The van der Waals surface area contributed by atoms with Gasteiger partial charge in [0.05, 0.1) is 6.54 Å². The summed E-state index contributed by atoms with van der Waals surface area (Å²) in [5.74, 6) is -4.02. The van der Waals surface area contributed by atoms with Crippen LogP contribution in [0.1, 0.15) is 11.1 Å². The molecule has 0 atom stereocenters. The Morgan fingerprint density at radius 3 is 2.48 bits per heavy atom. The van der Waals surface area contributed by atoms with Crippen molar-refractivity contribution in [2.24, 2.45) is 0 Å². The lowest BCUT2D eigenvalue weighted by molar-refractivity contribution is 0.444. The summed E-state index contributed by atoms with van der Waals surface area (Å²) < 4.78 is 41.1. The van der Waals surface area contributed by atoms with E-state index in [2.05, 4.69) is 15.4 Å². The van der Waals surface area contributed by atoms with Crippen LogP contribution in [0.2, 0.25) is 0 Å². The number of aromatic nitrogens is 3. The Morgan fingerprint density at radius 1 is 1.12 bits per heavy atom. The maximum Gasteiger partial charge on any atom is 0.293 e. The Labute approximate surface area is 140 Å². The number of hydrogen-bond donors (Lipinski definition) is 1. The highest BCUT2D eigenvalue weighted by Crippen LogP contribution is 2.19. The zero-order chi connectivity index (χ0) is 18.0. The third-order valence-electron chi connectivity index (χ3n) is 3.54. The van der Waals surface area contributed by atoms with Crippen molar-refractivity contribution in [3.05, 3.63) is 81.5 Å². The lowest BCUT2D eigenvalue weighted by Gasteiger charge is -2.14. The highest BCUT2D eigenvalue weighted by molar-refractivity contribution is 5.57. The van der Waals surface area contributed by atoms with Gasteiger partial charge < -0.3 is 5.32 Å². The molecule has 2 aromatic carbocycles. The fraction of sp³-hybridized carbons (Fsp3) is 0.118. The summed E-state index contributed by atoms with van der Waals surface area (Å²) in [5.41, 5.74) is 1.18. The van der Waals surface area contributed by atoms with Crippen LogP contribution in [0.3, 0.4) is 0 Å². The van der Waals surface area contributed by atoms with E-state index in [-0.39, 0.29) is 18.1 Å². The molecular weight excluding hydrogens is 333 g/mol. The Balaban J connectivity index is 1.97. The smallest absolute Gasteiger partial charge is 0.293 e. The maximum absolute atomic E-state index is 13.4. The molecule has 0 saturated heterocycles. The molecule has 3 rings (SSSR count). The van der Waals surface area contributed by atoms with Crippen molar-refractivity contribution in [1.82, 2.24) is 14.8 Å². The monoisotopic (exact) mass is 346 g/mol. The van der Waals surface area contributed by atoms with Gasteiger partial charge in [-0.05, 0) is 36.2 Å². The van der Waals surface area contributed by atoms with Crippen LogP contribution in [0.5, 0.6) is 0 Å². The molecular formula is C17H13F3N4O. The topological polar surface area (TPSA) is 59.8 Å². The van der Waals surface area contributed by atoms with E-state index in [0.717, 1.165) is 23.9 Å². The summed E-state index contributed by atoms with van der Waals surface area (Å²) in [5, 5.41) is 6.89. The molecule has 0 amide bonds. The quantitative estimate of drug-likeness (QED) is 0.737. The summed E-state index contributed by atoms with van der Waals surface area (Å²) in [7, 11) is 0. The fourth-order valence-corrected chi connectivity index (χ4v) is 2.28. The molecule has 1 N–H and O–H groups in total. The molecule has 8 heteroatoms. The van der Waals surface area contributed by atoms with Crippen LogP contribution in [0.25, 0.3) is 0 Å². The third-order valence-corrected chi connectivity index (χ3v) is 3.54. The van der Waals surface area contributed by atoms with Crippen molar-refractivity contribution in [2.75, 3.05) is 5.32 Å². The second kappa shape index (κ2) is 6.76. The van der Waals surface area contributed by atoms with Crippen LogP contribution in [0, 0.1) is 24.4 Å². The van der Waals surface area contributed by atoms with E-state index in [9.17, 15) is 18.0 Å². The van der Waals surface area contributed by atoms with Gasteiger partial charge in [0.15, 0.2) is 17.5 Å². The predicted molar refractivity (Wildman–Crippen MR) is 86.2 cm³/mol. The minimum Gasteiger partial charge on any atom is -0.324 e. The molecule has 0 aliphatic heterocycles. The van der Waals surface area contributed by atoms with Crippen LogP contribution in [-0.2, 0) is 6.54 Å². The molecule has 25 heavy (non-hydrogen) atoms. The molecule has 0 aliphatic rings. The van der Waals surface area contributed by atoms with Crippen LogP contribution in [0.4, 0.5) is 24.8 Å². The van der Waals surface area contributed by atoms with Crippen molar-refractivity contribution in [1.29, 1.82) is 0 Å². The number of nitrogens with one attached hydrogen (secondary N) is 1. The van der Waals surface area contributed by atoms with Crippen molar-refractivity contribution in [2.45, 2.75) is 13.5 Å². The number of rotatable bonds is 4. The van der Waals surface area contributed by atoms with Gasteiger partial charge >= 0.3 is 0 Å². The van der Waals surface area contributed by atoms with E-state index in [1.807, 2.05) is 19.1 Å². The van der Waals surface area contributed by atoms with Crippen LogP contribution in [0.15, 0.2) is 47.4 Å². The van der Waals surface area contributed by atoms with Crippen LogP contribution < -0.4 is 10.9 Å². The number of para-hydroxylation sites is 1. The summed E-state index contributed by atoms with van der Waals surface area (Å²) in [6.45, 7) is 1.77. The van der Waals surface area contributed by atoms with Crippen molar-refractivity contribution in [3.8, 4) is 0 Å². The molecule has 0 aliphatic carbocycles. The van der Waals surface area contributed by atoms with Gasteiger partial charge in [-0.2, -0.15) is 10.1 Å². The second-order valence-electron chi connectivity index (χ2n) is 5.39. The number of halogens is 3. The number of hydrogen-bond acceptors (Lipinski definition) is 4. The molecule has 0 saturated carbocycles. The summed E-state index contributed by atoms with van der Waals surface area (Å²) in [4.78, 5) is 15.4. The molecule has 0 fully saturated rings. The van der Waals surface area contributed by atoms with E-state index < -0.39 is 23.0 Å². The third kappa shape index (κ3) is 3.68. The summed E-state index contributed by atoms with van der Waals surface area (Å²) in [6.07, 6.45) is 0.985. The van der Waals surface area contributed by atoms with E-state index in [1.54, 1.807) is 12.1 Å². The zero-order valence-electron chi connectivity index (χ0n) is 13.1. The lowest BCUT2D eigenvalue weighted by Crippen LogP contribution is -2.19. The number of benzene rings is 2. The number of anilines is 2. The molecule has 5 nitrogen and oxygen atoms in total. The number of nitrogens with zero attached hydrogens (tertiary/aromatic N) is 3. The van der Waals surface area contributed by atoms with Crippen LogP contribution >= 0.6 is 0 Å². The molecule has 0 radical (unpaired) electrons. The van der Waals surface area contributed by atoms with Gasteiger partial charge in [0.2, 0.25) is 5.95 Å². The zero-order valence-corrected chi connectivity index (χ0v) is 13.1. The van der Waals surface area contributed by atoms with Gasteiger partial charge in [0.25, 0.3) is 5.56 Å². The van der Waals surface area contributed by atoms with Gasteiger partial charge in [-0.3, -0.25) is 4.79 Å². The van der Waals surface area contributed by atoms with E-state index in [0.29, 0.717) is 5.69 Å². The standard InChI is InChI=1S/C17H13F3N4O/c1-10-4-2-3-5-14(10)22-17-23-15(25)8-21-24(17)9-11-6-12(18)16(20)13(19)7-11/h2-8H,9H2,1H3,(H,22,23,25).